The van der Waals surface area contributed by atoms with E-state index in [2.05, 4.69) is 9.97 Å². The Morgan fingerprint density at radius 1 is 1.60 bits per heavy atom. The SMILES string of the molecule is CCc1ncc(CCC(=O)O)c(OC)n1. The van der Waals surface area contributed by atoms with Gasteiger partial charge < -0.3 is 9.84 Å². The molecule has 1 rings (SSSR count). The van der Waals surface area contributed by atoms with Crippen molar-refractivity contribution in [1.29, 1.82) is 0 Å². The molecule has 0 unspecified atom stereocenters. The molecule has 1 heterocycles. The van der Waals surface area contributed by atoms with Crippen molar-refractivity contribution in [2.45, 2.75) is 26.2 Å². The van der Waals surface area contributed by atoms with Gasteiger partial charge in [-0.25, -0.2) is 4.98 Å². The fraction of sp³-hybridized carbons (Fsp3) is 0.500. The molecule has 82 valence electrons. The van der Waals surface area contributed by atoms with Crippen LogP contribution >= 0.6 is 0 Å². The number of ether oxygens (including phenoxy) is 1. The van der Waals surface area contributed by atoms with Crippen molar-refractivity contribution >= 4 is 5.97 Å². The lowest BCUT2D eigenvalue weighted by Crippen LogP contribution is -2.04. The molecule has 0 fully saturated rings. The summed E-state index contributed by atoms with van der Waals surface area (Å²) < 4.78 is 5.08. The molecule has 1 aromatic rings. The van der Waals surface area contributed by atoms with E-state index in [0.717, 1.165) is 12.0 Å². The summed E-state index contributed by atoms with van der Waals surface area (Å²) in [5.74, 6) is 0.339. The first-order chi connectivity index (χ1) is 7.17. The molecule has 0 spiro atoms. The van der Waals surface area contributed by atoms with Crippen LogP contribution in [-0.2, 0) is 17.6 Å². The highest BCUT2D eigenvalue weighted by molar-refractivity contribution is 5.67. The van der Waals surface area contributed by atoms with Crippen LogP contribution in [0, 0.1) is 0 Å². The number of aryl methyl sites for hydroxylation is 2. The molecule has 0 aromatic carbocycles. The van der Waals surface area contributed by atoms with Crippen LogP contribution in [0.15, 0.2) is 6.20 Å². The van der Waals surface area contributed by atoms with Gasteiger partial charge in [-0.3, -0.25) is 4.79 Å². The van der Waals surface area contributed by atoms with Crippen LogP contribution in [0.1, 0.15) is 24.7 Å². The van der Waals surface area contributed by atoms with Crippen LogP contribution in [0.2, 0.25) is 0 Å². The molecule has 1 N–H and O–H groups in total. The average Bonchev–Trinajstić information content (AvgIpc) is 2.25. The Morgan fingerprint density at radius 2 is 2.33 bits per heavy atom. The molecule has 5 heteroatoms. The van der Waals surface area contributed by atoms with Crippen molar-refractivity contribution in [3.8, 4) is 5.88 Å². The number of methoxy groups -OCH3 is 1. The quantitative estimate of drug-likeness (QED) is 0.786. The molecule has 0 aliphatic heterocycles. The number of carbonyl (C=O) groups is 1. The van der Waals surface area contributed by atoms with E-state index < -0.39 is 5.97 Å². The van der Waals surface area contributed by atoms with Gasteiger partial charge in [-0.05, 0) is 6.42 Å². The summed E-state index contributed by atoms with van der Waals surface area (Å²) in [5, 5.41) is 8.56. The molecule has 5 nitrogen and oxygen atoms in total. The third-order valence-corrected chi connectivity index (χ3v) is 1.99. The Bertz CT molecular complexity index is 353. The van der Waals surface area contributed by atoms with Crippen molar-refractivity contribution in [2.24, 2.45) is 0 Å². The third kappa shape index (κ3) is 3.19. The van der Waals surface area contributed by atoms with Crippen LogP contribution in [0.4, 0.5) is 0 Å². The molecule has 0 bridgehead atoms. The van der Waals surface area contributed by atoms with Gasteiger partial charge in [-0.15, -0.1) is 0 Å². The monoisotopic (exact) mass is 210 g/mol. The Hall–Kier alpha value is -1.65. The molecule has 0 amide bonds. The smallest absolute Gasteiger partial charge is 0.303 e. The lowest BCUT2D eigenvalue weighted by molar-refractivity contribution is -0.136. The van der Waals surface area contributed by atoms with Gasteiger partial charge >= 0.3 is 5.97 Å². The van der Waals surface area contributed by atoms with E-state index in [1.54, 1.807) is 6.20 Å². The van der Waals surface area contributed by atoms with Crippen LogP contribution in [0.5, 0.6) is 5.88 Å². The maximum atomic E-state index is 10.4. The number of hydrogen-bond acceptors (Lipinski definition) is 4. The lowest BCUT2D eigenvalue weighted by atomic mass is 10.2. The van der Waals surface area contributed by atoms with E-state index in [4.69, 9.17) is 9.84 Å². The topological polar surface area (TPSA) is 72.3 Å². The molecule has 0 aliphatic rings. The standard InChI is InChI=1S/C10H14N2O3/c1-3-8-11-6-7(4-5-9(13)14)10(12-8)15-2/h6H,3-5H2,1-2H3,(H,13,14). The highest BCUT2D eigenvalue weighted by Gasteiger charge is 2.08. The van der Waals surface area contributed by atoms with Gasteiger partial charge in [-0.1, -0.05) is 6.92 Å². The molecular weight excluding hydrogens is 196 g/mol. The van der Waals surface area contributed by atoms with Gasteiger partial charge in [0.25, 0.3) is 0 Å². The summed E-state index contributed by atoms with van der Waals surface area (Å²) in [4.78, 5) is 18.7. The first-order valence-electron chi connectivity index (χ1n) is 4.78. The Balaban J connectivity index is 2.82. The largest absolute Gasteiger partial charge is 0.481 e. The average molecular weight is 210 g/mol. The second-order valence-corrected chi connectivity index (χ2v) is 3.07. The highest BCUT2D eigenvalue weighted by atomic mass is 16.5. The van der Waals surface area contributed by atoms with E-state index in [-0.39, 0.29) is 6.42 Å². The minimum atomic E-state index is -0.836. The van der Waals surface area contributed by atoms with E-state index in [1.807, 2.05) is 6.92 Å². The van der Waals surface area contributed by atoms with Crippen molar-refractivity contribution in [2.75, 3.05) is 7.11 Å². The van der Waals surface area contributed by atoms with Gasteiger partial charge in [0, 0.05) is 24.6 Å². The number of carboxylic acid groups (broad SMARTS) is 1. The van der Waals surface area contributed by atoms with Gasteiger partial charge in [0.15, 0.2) is 0 Å². The fourth-order valence-electron chi connectivity index (χ4n) is 1.19. The Labute approximate surface area is 88.1 Å². The van der Waals surface area contributed by atoms with Crippen LogP contribution in [0.25, 0.3) is 0 Å². The zero-order chi connectivity index (χ0) is 11.3. The molecule has 0 radical (unpaired) electrons. The van der Waals surface area contributed by atoms with Crippen LogP contribution in [0.3, 0.4) is 0 Å². The summed E-state index contributed by atoms with van der Waals surface area (Å²) in [6, 6.07) is 0. The molecule has 15 heavy (non-hydrogen) atoms. The number of rotatable bonds is 5. The molecular formula is C10H14N2O3. The van der Waals surface area contributed by atoms with E-state index in [9.17, 15) is 4.79 Å². The van der Waals surface area contributed by atoms with Crippen molar-refractivity contribution < 1.29 is 14.6 Å². The van der Waals surface area contributed by atoms with Crippen molar-refractivity contribution in [1.82, 2.24) is 9.97 Å². The van der Waals surface area contributed by atoms with E-state index >= 15 is 0 Å². The second-order valence-electron chi connectivity index (χ2n) is 3.07. The first kappa shape index (κ1) is 11.4. The summed E-state index contributed by atoms with van der Waals surface area (Å²) in [7, 11) is 1.52. The molecule has 0 aliphatic carbocycles. The lowest BCUT2D eigenvalue weighted by Gasteiger charge is -2.06. The zero-order valence-corrected chi connectivity index (χ0v) is 8.86. The maximum Gasteiger partial charge on any atom is 0.303 e. The predicted molar refractivity (Wildman–Crippen MR) is 53.9 cm³/mol. The summed E-state index contributed by atoms with van der Waals surface area (Å²) >= 11 is 0. The van der Waals surface area contributed by atoms with Gasteiger partial charge in [0.1, 0.15) is 5.82 Å². The minimum absolute atomic E-state index is 0.0607. The molecule has 1 aromatic heterocycles. The van der Waals surface area contributed by atoms with E-state index in [0.29, 0.717) is 18.1 Å². The number of aliphatic carboxylic acids is 1. The van der Waals surface area contributed by atoms with E-state index in [1.165, 1.54) is 7.11 Å². The first-order valence-corrected chi connectivity index (χ1v) is 4.78. The molecule has 0 atom stereocenters. The number of carboxylic acids is 1. The zero-order valence-electron chi connectivity index (χ0n) is 8.86. The predicted octanol–water partition coefficient (Wildman–Crippen LogP) is 1.06. The van der Waals surface area contributed by atoms with Gasteiger partial charge in [-0.2, -0.15) is 4.98 Å². The Morgan fingerprint density at radius 3 is 2.87 bits per heavy atom. The van der Waals surface area contributed by atoms with Crippen LogP contribution < -0.4 is 4.74 Å². The van der Waals surface area contributed by atoms with Gasteiger partial charge in [0.2, 0.25) is 5.88 Å². The highest BCUT2D eigenvalue weighted by Crippen LogP contribution is 2.16. The fourth-order valence-corrected chi connectivity index (χ4v) is 1.19. The molecule has 0 saturated heterocycles. The van der Waals surface area contributed by atoms with Crippen molar-refractivity contribution in [3.63, 3.8) is 0 Å². The van der Waals surface area contributed by atoms with Gasteiger partial charge in [0.05, 0.1) is 7.11 Å². The normalized spacial score (nSPS) is 10.0. The summed E-state index contributed by atoms with van der Waals surface area (Å²) in [6.07, 6.45) is 2.82. The number of hydrogen-bond donors (Lipinski definition) is 1. The number of nitrogens with zero attached hydrogens (tertiary/aromatic N) is 2. The Kier molecular flexibility index (Phi) is 4.03. The molecule has 0 saturated carbocycles. The summed E-state index contributed by atoms with van der Waals surface area (Å²) in [6.45, 7) is 1.95. The number of aromatic nitrogens is 2. The summed E-state index contributed by atoms with van der Waals surface area (Å²) in [5.41, 5.74) is 0.733. The van der Waals surface area contributed by atoms with Crippen molar-refractivity contribution in [3.05, 3.63) is 17.6 Å². The third-order valence-electron chi connectivity index (χ3n) is 1.99. The van der Waals surface area contributed by atoms with Crippen LogP contribution in [-0.4, -0.2) is 28.2 Å². The minimum Gasteiger partial charge on any atom is -0.481 e. The maximum absolute atomic E-state index is 10.4. The second kappa shape index (κ2) is 5.29.